The van der Waals surface area contributed by atoms with Crippen molar-refractivity contribution in [2.24, 2.45) is 0 Å². The van der Waals surface area contributed by atoms with Gasteiger partial charge < -0.3 is 14.6 Å². The number of imidazole rings is 1. The number of hydrogen-bond acceptors (Lipinski definition) is 4. The second-order valence-corrected chi connectivity index (χ2v) is 6.60. The van der Waals surface area contributed by atoms with Gasteiger partial charge in [0, 0.05) is 47.8 Å². The average molecular weight is 293 g/mol. The molecule has 2 rings (SSSR count). The Hall–Kier alpha value is -1.33. The van der Waals surface area contributed by atoms with Crippen molar-refractivity contribution in [3.05, 3.63) is 34.3 Å². The molecule has 0 amide bonds. The first-order valence-corrected chi connectivity index (χ1v) is 7.75. The van der Waals surface area contributed by atoms with E-state index in [1.54, 1.807) is 7.11 Å². The predicted molar refractivity (Wildman–Crippen MR) is 84.7 cm³/mol. The molecule has 2 atom stereocenters. The highest BCUT2D eigenvalue weighted by molar-refractivity contribution is 7.11. The highest BCUT2D eigenvalue weighted by atomic mass is 32.1. The second-order valence-electron chi connectivity index (χ2n) is 5.22. The van der Waals surface area contributed by atoms with Crippen LogP contribution in [0.5, 0.6) is 0 Å². The third kappa shape index (κ3) is 3.84. The molecule has 1 N–H and O–H groups in total. The summed E-state index contributed by atoms with van der Waals surface area (Å²) in [6.07, 6.45) is 4.91. The largest absolute Gasteiger partial charge is 0.383 e. The van der Waals surface area contributed by atoms with Crippen LogP contribution in [0.1, 0.15) is 29.6 Å². The minimum atomic E-state index is 0.248. The van der Waals surface area contributed by atoms with Gasteiger partial charge in [0.05, 0.1) is 6.61 Å². The molecule has 2 aromatic heterocycles. The van der Waals surface area contributed by atoms with Crippen LogP contribution in [0.3, 0.4) is 0 Å². The van der Waals surface area contributed by atoms with Crippen molar-refractivity contribution in [3.8, 4) is 0 Å². The Bertz CT molecular complexity index is 535. The Morgan fingerprint density at radius 1 is 1.40 bits per heavy atom. The summed E-state index contributed by atoms with van der Waals surface area (Å²) in [6, 6.07) is 5.03. The van der Waals surface area contributed by atoms with Crippen molar-refractivity contribution in [2.45, 2.75) is 39.3 Å². The van der Waals surface area contributed by atoms with E-state index in [0.29, 0.717) is 12.6 Å². The Kier molecular flexibility index (Phi) is 5.20. The summed E-state index contributed by atoms with van der Waals surface area (Å²) in [5.41, 5.74) is 0. The maximum atomic E-state index is 5.15. The molecule has 0 spiro atoms. The summed E-state index contributed by atoms with van der Waals surface area (Å²) in [5, 5.41) is 3.39. The van der Waals surface area contributed by atoms with Gasteiger partial charge >= 0.3 is 0 Å². The molecule has 0 radical (unpaired) electrons. The van der Waals surface area contributed by atoms with Crippen molar-refractivity contribution >= 4 is 17.3 Å². The lowest BCUT2D eigenvalue weighted by Crippen LogP contribution is -2.24. The third-order valence-corrected chi connectivity index (χ3v) is 4.25. The molecule has 5 heteroatoms. The van der Waals surface area contributed by atoms with Gasteiger partial charge in [0.1, 0.15) is 0 Å². The lowest BCUT2D eigenvalue weighted by molar-refractivity contribution is 0.190. The number of methoxy groups -OCH3 is 1. The molecule has 2 aromatic rings. The summed E-state index contributed by atoms with van der Waals surface area (Å²) in [5.74, 6) is 0.912. The Morgan fingerprint density at radius 2 is 2.20 bits per heavy atom. The number of nitrogens with zero attached hydrogens (tertiary/aromatic N) is 2. The number of anilines is 1. The van der Waals surface area contributed by atoms with E-state index < -0.39 is 0 Å². The zero-order chi connectivity index (χ0) is 14.5. The second kappa shape index (κ2) is 6.90. The van der Waals surface area contributed by atoms with Crippen molar-refractivity contribution in [1.29, 1.82) is 0 Å². The lowest BCUT2D eigenvalue weighted by atomic mass is 10.2. The van der Waals surface area contributed by atoms with Gasteiger partial charge in [-0.3, -0.25) is 0 Å². The lowest BCUT2D eigenvalue weighted by Gasteiger charge is -2.19. The SMILES string of the molecule is COCC(C)Nc1nccn1C(C)Cc1ccc(C)s1. The van der Waals surface area contributed by atoms with E-state index in [2.05, 4.69) is 47.8 Å². The van der Waals surface area contributed by atoms with Crippen molar-refractivity contribution in [1.82, 2.24) is 9.55 Å². The van der Waals surface area contributed by atoms with E-state index in [1.807, 2.05) is 23.7 Å². The first-order chi connectivity index (χ1) is 9.60. The summed E-state index contributed by atoms with van der Waals surface area (Å²) in [7, 11) is 1.71. The zero-order valence-corrected chi connectivity index (χ0v) is 13.4. The molecule has 2 heterocycles. The van der Waals surface area contributed by atoms with Crippen molar-refractivity contribution < 1.29 is 4.74 Å². The normalized spacial score (nSPS) is 14.2. The number of hydrogen-bond donors (Lipinski definition) is 1. The molecule has 20 heavy (non-hydrogen) atoms. The van der Waals surface area contributed by atoms with Crippen molar-refractivity contribution in [3.63, 3.8) is 0 Å². The average Bonchev–Trinajstić information content (AvgIpc) is 2.99. The molecular weight excluding hydrogens is 270 g/mol. The monoisotopic (exact) mass is 293 g/mol. The quantitative estimate of drug-likeness (QED) is 0.849. The minimum absolute atomic E-state index is 0.248. The van der Waals surface area contributed by atoms with Gasteiger partial charge in [-0.05, 0) is 32.9 Å². The zero-order valence-electron chi connectivity index (χ0n) is 12.6. The summed E-state index contributed by atoms with van der Waals surface area (Å²) in [6.45, 7) is 7.14. The van der Waals surface area contributed by atoms with Gasteiger partial charge in [0.15, 0.2) is 0 Å². The first kappa shape index (κ1) is 15.1. The first-order valence-electron chi connectivity index (χ1n) is 6.93. The fourth-order valence-electron chi connectivity index (χ4n) is 2.28. The topological polar surface area (TPSA) is 39.1 Å². The van der Waals surface area contributed by atoms with Crippen molar-refractivity contribution in [2.75, 3.05) is 19.0 Å². The molecule has 0 aromatic carbocycles. The van der Waals surface area contributed by atoms with E-state index >= 15 is 0 Å². The fraction of sp³-hybridized carbons (Fsp3) is 0.533. The van der Waals surface area contributed by atoms with Crippen LogP contribution >= 0.6 is 11.3 Å². The van der Waals surface area contributed by atoms with Crippen LogP contribution in [0.2, 0.25) is 0 Å². The molecule has 2 unspecified atom stereocenters. The highest BCUT2D eigenvalue weighted by Gasteiger charge is 2.13. The summed E-state index contributed by atoms with van der Waals surface area (Å²) >= 11 is 1.87. The standard InChI is InChI=1S/C15H23N3OS/c1-11(10-19-4)17-15-16-7-8-18(15)12(2)9-14-6-5-13(3)20-14/h5-8,11-12H,9-10H2,1-4H3,(H,16,17). The Morgan fingerprint density at radius 3 is 2.85 bits per heavy atom. The van der Waals surface area contributed by atoms with Crippen LogP contribution in [0, 0.1) is 6.92 Å². The van der Waals surface area contributed by atoms with Gasteiger partial charge in [-0.15, -0.1) is 11.3 Å². The summed E-state index contributed by atoms with van der Waals surface area (Å²) < 4.78 is 7.35. The predicted octanol–water partition coefficient (Wildman–Crippen LogP) is 3.50. The Balaban J connectivity index is 2.03. The molecule has 110 valence electrons. The van der Waals surface area contributed by atoms with Crippen LogP contribution in [0.4, 0.5) is 5.95 Å². The van der Waals surface area contributed by atoms with Gasteiger partial charge in [0.25, 0.3) is 0 Å². The highest BCUT2D eigenvalue weighted by Crippen LogP contribution is 2.23. The number of aromatic nitrogens is 2. The van der Waals surface area contributed by atoms with E-state index in [4.69, 9.17) is 4.74 Å². The van der Waals surface area contributed by atoms with Gasteiger partial charge in [-0.1, -0.05) is 0 Å². The molecule has 4 nitrogen and oxygen atoms in total. The number of ether oxygens (including phenoxy) is 1. The summed E-state index contributed by atoms with van der Waals surface area (Å²) in [4.78, 5) is 7.19. The number of nitrogens with one attached hydrogen (secondary N) is 1. The number of rotatable bonds is 7. The maximum absolute atomic E-state index is 5.15. The van der Waals surface area contributed by atoms with E-state index in [9.17, 15) is 0 Å². The van der Waals surface area contributed by atoms with Crippen LogP contribution in [0.15, 0.2) is 24.5 Å². The number of thiophene rings is 1. The maximum Gasteiger partial charge on any atom is 0.203 e. The Labute approximate surface area is 124 Å². The van der Waals surface area contributed by atoms with E-state index in [-0.39, 0.29) is 6.04 Å². The van der Waals surface area contributed by atoms with E-state index in [0.717, 1.165) is 12.4 Å². The molecule has 0 aliphatic heterocycles. The molecule has 0 fully saturated rings. The smallest absolute Gasteiger partial charge is 0.203 e. The molecule has 0 saturated heterocycles. The number of aryl methyl sites for hydroxylation is 1. The van der Waals surface area contributed by atoms with Gasteiger partial charge in [0.2, 0.25) is 5.95 Å². The van der Waals surface area contributed by atoms with Crippen LogP contribution in [-0.4, -0.2) is 29.3 Å². The fourth-order valence-corrected chi connectivity index (χ4v) is 3.29. The van der Waals surface area contributed by atoms with Crippen LogP contribution in [-0.2, 0) is 11.2 Å². The molecule has 0 aliphatic rings. The molecule has 0 aliphatic carbocycles. The third-order valence-electron chi connectivity index (χ3n) is 3.23. The van der Waals surface area contributed by atoms with Crippen LogP contribution < -0.4 is 5.32 Å². The minimum Gasteiger partial charge on any atom is -0.383 e. The molecule has 0 saturated carbocycles. The van der Waals surface area contributed by atoms with Gasteiger partial charge in [-0.25, -0.2) is 4.98 Å². The van der Waals surface area contributed by atoms with Gasteiger partial charge in [-0.2, -0.15) is 0 Å². The van der Waals surface area contributed by atoms with Crippen LogP contribution in [0.25, 0.3) is 0 Å². The molecule has 0 bridgehead atoms. The molecular formula is C15H23N3OS. The van der Waals surface area contributed by atoms with E-state index in [1.165, 1.54) is 9.75 Å².